The van der Waals surface area contributed by atoms with Gasteiger partial charge in [-0.1, -0.05) is 101 Å². The van der Waals surface area contributed by atoms with Crippen LogP contribution in [-0.2, 0) is 0 Å². The Hall–Kier alpha value is -1.18. The second-order valence-corrected chi connectivity index (χ2v) is 10.2. The van der Waals surface area contributed by atoms with Crippen molar-refractivity contribution >= 4 is 19.0 Å². The van der Waals surface area contributed by atoms with Crippen LogP contribution in [0.3, 0.4) is 0 Å². The molecule has 2 nitrogen and oxygen atoms in total. The number of unbranched alkanes of at least 4 members (excludes halogenated alkanes) is 9. The summed E-state index contributed by atoms with van der Waals surface area (Å²) in [5.74, 6) is 2.84. The van der Waals surface area contributed by atoms with E-state index in [0.29, 0.717) is 0 Å². The van der Waals surface area contributed by atoms with Crippen molar-refractivity contribution < 1.29 is 9.05 Å². The SMILES string of the molecule is CCCCCCCCCCCCSP(Oc1ccccc1)Oc1ccccc1. The maximum Gasteiger partial charge on any atom is 0.360 e. The van der Waals surface area contributed by atoms with Crippen molar-refractivity contribution in [2.24, 2.45) is 0 Å². The lowest BCUT2D eigenvalue weighted by Gasteiger charge is -2.17. The fourth-order valence-electron chi connectivity index (χ4n) is 2.93. The zero-order valence-electron chi connectivity index (χ0n) is 17.2. The molecule has 0 fully saturated rings. The van der Waals surface area contributed by atoms with Gasteiger partial charge in [0.15, 0.2) is 0 Å². The van der Waals surface area contributed by atoms with Crippen LogP contribution in [0.5, 0.6) is 11.5 Å². The van der Waals surface area contributed by atoms with Gasteiger partial charge in [-0.3, -0.25) is 0 Å². The summed E-state index contributed by atoms with van der Waals surface area (Å²) < 4.78 is 12.2. The van der Waals surface area contributed by atoms with Gasteiger partial charge in [-0.15, -0.1) is 0 Å². The van der Waals surface area contributed by atoms with E-state index in [9.17, 15) is 0 Å². The van der Waals surface area contributed by atoms with Crippen LogP contribution < -0.4 is 9.05 Å². The van der Waals surface area contributed by atoms with Crippen molar-refractivity contribution in [3.8, 4) is 11.5 Å². The average Bonchev–Trinajstić information content (AvgIpc) is 2.73. The monoisotopic (exact) mass is 418 g/mol. The summed E-state index contributed by atoms with van der Waals surface area (Å²) in [6.07, 6.45) is 13.7. The highest BCUT2D eigenvalue weighted by molar-refractivity contribution is 8.53. The van der Waals surface area contributed by atoms with Crippen LogP contribution >= 0.6 is 19.0 Å². The summed E-state index contributed by atoms with van der Waals surface area (Å²) in [5, 5.41) is 0. The Morgan fingerprint density at radius 1 is 0.607 bits per heavy atom. The van der Waals surface area contributed by atoms with Crippen LogP contribution in [-0.4, -0.2) is 5.75 Å². The summed E-state index contributed by atoms with van der Waals surface area (Å²) >= 11 is 1.81. The van der Waals surface area contributed by atoms with Gasteiger partial charge in [-0.2, -0.15) is 0 Å². The Morgan fingerprint density at radius 3 is 1.50 bits per heavy atom. The molecule has 0 spiro atoms. The standard InChI is InChI=1S/C24H35O2PS/c1-2-3-4-5-6-7-8-9-10-17-22-28-27(25-23-18-13-11-14-19-23)26-24-20-15-12-16-21-24/h11-16,18-21H,2-10,17,22H2,1H3. The molecule has 0 saturated heterocycles. The van der Waals surface area contributed by atoms with Gasteiger partial charge in [0.25, 0.3) is 0 Å². The molecule has 0 radical (unpaired) electrons. The maximum atomic E-state index is 6.12. The van der Waals surface area contributed by atoms with Crippen LogP contribution in [0.2, 0.25) is 0 Å². The molecule has 0 unspecified atom stereocenters. The summed E-state index contributed by atoms with van der Waals surface area (Å²) in [6, 6.07) is 20.0. The van der Waals surface area contributed by atoms with Crippen LogP contribution in [0.1, 0.15) is 71.1 Å². The Bertz CT molecular complexity index is 553. The summed E-state index contributed by atoms with van der Waals surface area (Å²) in [4.78, 5) is 0. The molecule has 0 heterocycles. The van der Waals surface area contributed by atoms with Crippen LogP contribution in [0.4, 0.5) is 0 Å². The highest BCUT2D eigenvalue weighted by Gasteiger charge is 2.15. The molecule has 0 aliphatic rings. The predicted molar refractivity (Wildman–Crippen MR) is 125 cm³/mol. The Labute approximate surface area is 177 Å². The van der Waals surface area contributed by atoms with E-state index in [1.54, 1.807) is 0 Å². The molecule has 0 amide bonds. The average molecular weight is 419 g/mol. The second-order valence-electron chi connectivity index (χ2n) is 7.05. The molecule has 0 saturated carbocycles. The van der Waals surface area contributed by atoms with Crippen molar-refractivity contribution in [2.75, 3.05) is 5.75 Å². The maximum absolute atomic E-state index is 6.12. The van der Waals surface area contributed by atoms with Crippen molar-refractivity contribution in [1.29, 1.82) is 0 Å². The molecule has 0 N–H and O–H groups in total. The third kappa shape index (κ3) is 11.0. The lowest BCUT2D eigenvalue weighted by atomic mass is 10.1. The number of hydrogen-bond donors (Lipinski definition) is 0. The quantitative estimate of drug-likeness (QED) is 0.200. The van der Waals surface area contributed by atoms with Crippen LogP contribution in [0, 0.1) is 0 Å². The number of hydrogen-bond acceptors (Lipinski definition) is 3. The van der Waals surface area contributed by atoms with Gasteiger partial charge in [0.1, 0.15) is 11.5 Å². The van der Waals surface area contributed by atoms with Crippen molar-refractivity contribution in [1.82, 2.24) is 0 Å². The molecule has 2 aromatic carbocycles. The van der Waals surface area contributed by atoms with E-state index in [4.69, 9.17) is 9.05 Å². The molecule has 0 atom stereocenters. The highest BCUT2D eigenvalue weighted by atomic mass is 32.7. The van der Waals surface area contributed by atoms with Crippen molar-refractivity contribution in [2.45, 2.75) is 71.1 Å². The minimum Gasteiger partial charge on any atom is -0.431 e. The first-order valence-corrected chi connectivity index (χ1v) is 13.5. The Kier molecular flexibility index (Phi) is 13.0. The first-order chi connectivity index (χ1) is 13.9. The third-order valence-corrected chi connectivity index (χ3v) is 7.57. The Balaban J connectivity index is 1.62. The molecule has 2 aromatic rings. The van der Waals surface area contributed by atoms with E-state index in [-0.39, 0.29) is 0 Å². The minimum atomic E-state index is -1.03. The lowest BCUT2D eigenvalue weighted by Crippen LogP contribution is -1.94. The fraction of sp³-hybridized carbons (Fsp3) is 0.500. The first kappa shape index (κ1) is 23.1. The van der Waals surface area contributed by atoms with Crippen LogP contribution in [0.15, 0.2) is 60.7 Å². The summed E-state index contributed by atoms with van der Waals surface area (Å²) in [6.45, 7) is 2.28. The largest absolute Gasteiger partial charge is 0.431 e. The van der Waals surface area contributed by atoms with E-state index in [2.05, 4.69) is 6.92 Å². The van der Waals surface area contributed by atoms with Gasteiger partial charge in [0, 0.05) is 5.75 Å². The summed E-state index contributed by atoms with van der Waals surface area (Å²) in [7, 11) is -1.03. The Morgan fingerprint density at radius 2 is 1.04 bits per heavy atom. The number of benzene rings is 2. The van der Waals surface area contributed by atoms with E-state index in [1.165, 1.54) is 64.2 Å². The van der Waals surface area contributed by atoms with Crippen LogP contribution in [0.25, 0.3) is 0 Å². The molecule has 0 aromatic heterocycles. The molecular weight excluding hydrogens is 383 g/mol. The summed E-state index contributed by atoms with van der Waals surface area (Å²) in [5.41, 5.74) is 0. The van der Waals surface area contributed by atoms with Crippen molar-refractivity contribution in [3.63, 3.8) is 0 Å². The lowest BCUT2D eigenvalue weighted by molar-refractivity contribution is 0.509. The van der Waals surface area contributed by atoms with Gasteiger partial charge in [-0.05, 0) is 42.1 Å². The fourth-order valence-corrected chi connectivity index (χ4v) is 5.81. The minimum absolute atomic E-state index is 0.875. The van der Waals surface area contributed by atoms with Gasteiger partial charge >= 0.3 is 7.58 Å². The van der Waals surface area contributed by atoms with Gasteiger partial charge in [-0.25, -0.2) is 0 Å². The number of para-hydroxylation sites is 2. The van der Waals surface area contributed by atoms with Crippen molar-refractivity contribution in [3.05, 3.63) is 60.7 Å². The third-order valence-electron chi connectivity index (χ3n) is 4.54. The zero-order chi connectivity index (χ0) is 19.7. The van der Waals surface area contributed by atoms with Gasteiger partial charge < -0.3 is 9.05 Å². The molecule has 28 heavy (non-hydrogen) atoms. The smallest absolute Gasteiger partial charge is 0.360 e. The van der Waals surface area contributed by atoms with Gasteiger partial charge in [0.05, 0.1) is 0 Å². The normalized spacial score (nSPS) is 10.9. The van der Waals surface area contributed by atoms with Gasteiger partial charge in [0.2, 0.25) is 0 Å². The number of rotatable bonds is 16. The predicted octanol–water partition coefficient (Wildman–Crippen LogP) is 9.03. The zero-order valence-corrected chi connectivity index (χ0v) is 18.9. The molecule has 2 rings (SSSR count). The molecule has 0 aliphatic heterocycles. The highest BCUT2D eigenvalue weighted by Crippen LogP contribution is 2.52. The second kappa shape index (κ2) is 15.7. The molecule has 154 valence electrons. The van der Waals surface area contributed by atoms with E-state index < -0.39 is 7.58 Å². The first-order valence-electron chi connectivity index (χ1n) is 10.8. The topological polar surface area (TPSA) is 18.5 Å². The molecular formula is C24H35O2PS. The molecule has 0 aliphatic carbocycles. The van der Waals surface area contributed by atoms with E-state index in [0.717, 1.165) is 17.3 Å². The molecule has 4 heteroatoms. The van der Waals surface area contributed by atoms with E-state index in [1.807, 2.05) is 72.0 Å². The molecule has 0 bridgehead atoms. The van der Waals surface area contributed by atoms with E-state index >= 15 is 0 Å².